The van der Waals surface area contributed by atoms with Crippen LogP contribution in [0.2, 0.25) is 0 Å². The van der Waals surface area contributed by atoms with E-state index in [9.17, 15) is 0 Å². The summed E-state index contributed by atoms with van der Waals surface area (Å²) < 4.78 is 0. The first-order valence-corrected chi connectivity index (χ1v) is 7.68. The molecule has 0 saturated carbocycles. The third-order valence-corrected chi connectivity index (χ3v) is 4.21. The lowest BCUT2D eigenvalue weighted by atomic mass is 10.1. The summed E-state index contributed by atoms with van der Waals surface area (Å²) in [5.74, 6) is 0. The summed E-state index contributed by atoms with van der Waals surface area (Å²) in [6.45, 7) is 6.28. The van der Waals surface area contributed by atoms with E-state index in [-0.39, 0.29) is 0 Å². The number of nitrogens with zero attached hydrogens (tertiary/aromatic N) is 2. The van der Waals surface area contributed by atoms with Crippen molar-refractivity contribution in [2.75, 3.05) is 5.32 Å². The molecule has 3 aromatic rings. The van der Waals surface area contributed by atoms with E-state index in [4.69, 9.17) is 0 Å². The van der Waals surface area contributed by atoms with Gasteiger partial charge in [-0.05, 0) is 38.5 Å². The van der Waals surface area contributed by atoms with Gasteiger partial charge in [0.2, 0.25) is 5.13 Å². The number of anilines is 2. The van der Waals surface area contributed by atoms with Gasteiger partial charge in [-0.2, -0.15) is 0 Å². The lowest BCUT2D eigenvalue weighted by Crippen LogP contribution is -1.88. The molecule has 3 nitrogen and oxygen atoms in total. The molecule has 106 valence electrons. The van der Waals surface area contributed by atoms with Crippen LogP contribution in [0.1, 0.15) is 16.7 Å². The SMILES string of the molecule is Cc1ccc(Nc2nnc(-c3ccc(C)cc3C)s2)cc1. The van der Waals surface area contributed by atoms with Crippen LogP contribution in [0.15, 0.2) is 42.5 Å². The zero-order chi connectivity index (χ0) is 14.8. The van der Waals surface area contributed by atoms with Crippen LogP contribution in [0, 0.1) is 20.8 Å². The molecule has 1 N–H and O–H groups in total. The Hall–Kier alpha value is -2.20. The zero-order valence-corrected chi connectivity index (χ0v) is 13.2. The maximum absolute atomic E-state index is 4.30. The Morgan fingerprint density at radius 1 is 0.857 bits per heavy atom. The van der Waals surface area contributed by atoms with E-state index in [0.29, 0.717) is 0 Å². The minimum absolute atomic E-state index is 0.814. The predicted molar refractivity (Wildman–Crippen MR) is 89.3 cm³/mol. The Balaban J connectivity index is 1.84. The van der Waals surface area contributed by atoms with E-state index in [1.165, 1.54) is 16.7 Å². The van der Waals surface area contributed by atoms with Crippen LogP contribution < -0.4 is 5.32 Å². The average Bonchev–Trinajstić information content (AvgIpc) is 2.90. The van der Waals surface area contributed by atoms with Crippen LogP contribution in [-0.4, -0.2) is 10.2 Å². The van der Waals surface area contributed by atoms with Crippen molar-refractivity contribution >= 4 is 22.2 Å². The fourth-order valence-corrected chi connectivity index (χ4v) is 3.05. The Kier molecular flexibility index (Phi) is 3.71. The van der Waals surface area contributed by atoms with Crippen LogP contribution in [0.4, 0.5) is 10.8 Å². The lowest BCUT2D eigenvalue weighted by Gasteiger charge is -2.03. The molecule has 0 aliphatic rings. The van der Waals surface area contributed by atoms with Crippen molar-refractivity contribution in [1.82, 2.24) is 10.2 Å². The minimum atomic E-state index is 0.814. The van der Waals surface area contributed by atoms with E-state index in [1.807, 2.05) is 12.1 Å². The predicted octanol–water partition coefficient (Wildman–Crippen LogP) is 4.87. The summed E-state index contributed by atoms with van der Waals surface area (Å²) >= 11 is 1.57. The van der Waals surface area contributed by atoms with Crippen LogP contribution in [0.25, 0.3) is 10.6 Å². The molecule has 0 unspecified atom stereocenters. The molecule has 0 atom stereocenters. The first-order chi connectivity index (χ1) is 10.1. The van der Waals surface area contributed by atoms with Crippen LogP contribution in [-0.2, 0) is 0 Å². The standard InChI is InChI=1S/C17H17N3S/c1-11-4-7-14(8-5-11)18-17-20-19-16(21-17)15-9-6-12(2)10-13(15)3/h4-10H,1-3H3,(H,18,20). The van der Waals surface area contributed by atoms with Crippen LogP contribution in [0.5, 0.6) is 0 Å². The number of aromatic nitrogens is 2. The first-order valence-electron chi connectivity index (χ1n) is 6.86. The van der Waals surface area contributed by atoms with Crippen molar-refractivity contribution in [3.05, 3.63) is 59.2 Å². The fourth-order valence-electron chi connectivity index (χ4n) is 2.20. The normalized spacial score (nSPS) is 10.6. The number of hydrogen-bond acceptors (Lipinski definition) is 4. The van der Waals surface area contributed by atoms with Gasteiger partial charge in [0.25, 0.3) is 0 Å². The summed E-state index contributed by atoms with van der Waals surface area (Å²) in [5.41, 5.74) is 5.92. The highest BCUT2D eigenvalue weighted by Gasteiger charge is 2.09. The Labute approximate surface area is 128 Å². The van der Waals surface area contributed by atoms with Gasteiger partial charge >= 0.3 is 0 Å². The highest BCUT2D eigenvalue weighted by molar-refractivity contribution is 7.18. The van der Waals surface area contributed by atoms with Crippen LogP contribution >= 0.6 is 11.3 Å². The maximum Gasteiger partial charge on any atom is 0.210 e. The molecule has 0 spiro atoms. The average molecular weight is 295 g/mol. The van der Waals surface area contributed by atoms with E-state index in [0.717, 1.165) is 21.4 Å². The van der Waals surface area contributed by atoms with Crippen molar-refractivity contribution in [1.29, 1.82) is 0 Å². The largest absolute Gasteiger partial charge is 0.330 e. The number of aryl methyl sites for hydroxylation is 3. The van der Waals surface area contributed by atoms with Crippen molar-refractivity contribution in [3.63, 3.8) is 0 Å². The highest BCUT2D eigenvalue weighted by Crippen LogP contribution is 2.30. The molecule has 0 radical (unpaired) electrons. The van der Waals surface area contributed by atoms with Gasteiger partial charge in [-0.15, -0.1) is 10.2 Å². The number of nitrogens with one attached hydrogen (secondary N) is 1. The first kappa shape index (κ1) is 13.8. The third-order valence-electron chi connectivity index (χ3n) is 3.34. The van der Waals surface area contributed by atoms with Crippen molar-refractivity contribution in [3.8, 4) is 10.6 Å². The molecule has 1 aromatic heterocycles. The molecule has 0 saturated heterocycles. The van der Waals surface area contributed by atoms with Crippen molar-refractivity contribution in [2.24, 2.45) is 0 Å². The molecule has 1 heterocycles. The highest BCUT2D eigenvalue weighted by atomic mass is 32.1. The summed E-state index contributed by atoms with van der Waals surface area (Å²) in [6.07, 6.45) is 0. The minimum Gasteiger partial charge on any atom is -0.330 e. The van der Waals surface area contributed by atoms with Gasteiger partial charge in [-0.25, -0.2) is 0 Å². The Morgan fingerprint density at radius 3 is 2.29 bits per heavy atom. The van der Waals surface area contributed by atoms with Gasteiger partial charge in [0, 0.05) is 11.3 Å². The summed E-state index contributed by atoms with van der Waals surface area (Å²) in [7, 11) is 0. The molecule has 3 rings (SSSR count). The third kappa shape index (κ3) is 3.11. The summed E-state index contributed by atoms with van der Waals surface area (Å²) in [4.78, 5) is 0. The van der Waals surface area contributed by atoms with Gasteiger partial charge < -0.3 is 5.32 Å². The van der Waals surface area contributed by atoms with Crippen molar-refractivity contribution < 1.29 is 0 Å². The molecule has 0 bridgehead atoms. The molecule has 0 amide bonds. The van der Waals surface area contributed by atoms with Gasteiger partial charge in [0.15, 0.2) is 0 Å². The second-order valence-corrected chi connectivity index (χ2v) is 6.20. The monoisotopic (exact) mass is 295 g/mol. The van der Waals surface area contributed by atoms with Crippen molar-refractivity contribution in [2.45, 2.75) is 20.8 Å². The maximum atomic E-state index is 4.30. The second kappa shape index (κ2) is 5.66. The molecular weight excluding hydrogens is 278 g/mol. The Bertz CT molecular complexity index is 760. The summed E-state index contributed by atoms with van der Waals surface area (Å²) in [5, 5.41) is 13.6. The zero-order valence-electron chi connectivity index (χ0n) is 12.3. The fraction of sp³-hybridized carbons (Fsp3) is 0.176. The van der Waals surface area contributed by atoms with E-state index in [1.54, 1.807) is 11.3 Å². The van der Waals surface area contributed by atoms with Gasteiger partial charge in [-0.1, -0.05) is 52.8 Å². The van der Waals surface area contributed by atoms with Gasteiger partial charge in [0.05, 0.1) is 0 Å². The van der Waals surface area contributed by atoms with Gasteiger partial charge in [-0.3, -0.25) is 0 Å². The molecule has 2 aromatic carbocycles. The van der Waals surface area contributed by atoms with E-state index < -0.39 is 0 Å². The lowest BCUT2D eigenvalue weighted by molar-refractivity contribution is 1.09. The van der Waals surface area contributed by atoms with E-state index in [2.05, 4.69) is 66.6 Å². The Morgan fingerprint density at radius 2 is 1.57 bits per heavy atom. The van der Waals surface area contributed by atoms with E-state index >= 15 is 0 Å². The summed E-state index contributed by atoms with van der Waals surface area (Å²) in [6, 6.07) is 14.6. The quantitative estimate of drug-likeness (QED) is 0.748. The second-order valence-electron chi connectivity index (χ2n) is 5.22. The number of rotatable bonds is 3. The molecule has 4 heteroatoms. The number of hydrogen-bond donors (Lipinski definition) is 1. The molecule has 0 aliphatic heterocycles. The van der Waals surface area contributed by atoms with Gasteiger partial charge in [0.1, 0.15) is 5.01 Å². The molecule has 0 fully saturated rings. The van der Waals surface area contributed by atoms with Crippen LogP contribution in [0.3, 0.4) is 0 Å². The smallest absolute Gasteiger partial charge is 0.210 e. The molecule has 0 aliphatic carbocycles. The molecule has 21 heavy (non-hydrogen) atoms. The number of benzene rings is 2. The topological polar surface area (TPSA) is 37.8 Å². The molecular formula is C17H17N3S.